The van der Waals surface area contributed by atoms with Crippen LogP contribution in [0.5, 0.6) is 0 Å². The Morgan fingerprint density at radius 1 is 1.06 bits per heavy atom. The van der Waals surface area contributed by atoms with Crippen LogP contribution < -0.4 is 10.6 Å². The van der Waals surface area contributed by atoms with Crippen molar-refractivity contribution in [2.24, 2.45) is 0 Å². The number of anilines is 2. The molecule has 0 bridgehead atoms. The molecule has 2 N–H and O–H groups in total. The summed E-state index contributed by atoms with van der Waals surface area (Å²) in [5.74, 6) is 2.67. The van der Waals surface area contributed by atoms with Crippen molar-refractivity contribution in [2.45, 2.75) is 59.9 Å². The molecule has 1 rings (SSSR count). The number of hydrogen-bond donors (Lipinski definition) is 2. The number of aryl methyl sites for hydroxylation is 1. The van der Waals surface area contributed by atoms with Gasteiger partial charge in [-0.2, -0.15) is 0 Å². The summed E-state index contributed by atoms with van der Waals surface area (Å²) in [7, 11) is 0. The first-order valence-corrected chi connectivity index (χ1v) is 6.77. The Hall–Kier alpha value is -1.32. The van der Waals surface area contributed by atoms with Crippen molar-refractivity contribution < 1.29 is 0 Å². The van der Waals surface area contributed by atoms with E-state index in [1.807, 2.05) is 6.92 Å². The van der Waals surface area contributed by atoms with Gasteiger partial charge in [0.15, 0.2) is 0 Å². The zero-order valence-corrected chi connectivity index (χ0v) is 12.5. The van der Waals surface area contributed by atoms with Crippen molar-refractivity contribution in [3.05, 3.63) is 11.4 Å². The fourth-order valence-corrected chi connectivity index (χ4v) is 2.10. The van der Waals surface area contributed by atoms with E-state index in [0.29, 0.717) is 0 Å². The molecule has 4 nitrogen and oxygen atoms in total. The van der Waals surface area contributed by atoms with Gasteiger partial charge in [-0.05, 0) is 41.0 Å². The van der Waals surface area contributed by atoms with E-state index in [4.69, 9.17) is 0 Å². The molecule has 0 saturated heterocycles. The Kier molecular flexibility index (Phi) is 4.93. The molecule has 18 heavy (non-hydrogen) atoms. The van der Waals surface area contributed by atoms with Crippen LogP contribution in [0.2, 0.25) is 0 Å². The third-order valence-electron chi connectivity index (χ3n) is 2.93. The molecular formula is C14H26N4. The van der Waals surface area contributed by atoms with Gasteiger partial charge in [0.25, 0.3) is 0 Å². The van der Waals surface area contributed by atoms with Crippen LogP contribution in [0.25, 0.3) is 0 Å². The third kappa shape index (κ3) is 3.86. The summed E-state index contributed by atoms with van der Waals surface area (Å²) in [6.07, 6.45) is 2.27. The van der Waals surface area contributed by atoms with Crippen molar-refractivity contribution in [1.82, 2.24) is 9.97 Å². The highest BCUT2D eigenvalue weighted by Gasteiger charge is 2.19. The van der Waals surface area contributed by atoms with Gasteiger partial charge in [0.1, 0.15) is 17.5 Å². The van der Waals surface area contributed by atoms with Crippen LogP contribution in [0.4, 0.5) is 11.6 Å². The Balaban J connectivity index is 3.01. The molecule has 1 aromatic heterocycles. The Morgan fingerprint density at radius 2 is 1.67 bits per heavy atom. The molecule has 0 spiro atoms. The quantitative estimate of drug-likeness (QED) is 0.811. The van der Waals surface area contributed by atoms with E-state index >= 15 is 0 Å². The lowest BCUT2D eigenvalue weighted by molar-refractivity contribution is 0.508. The van der Waals surface area contributed by atoms with Gasteiger partial charge in [-0.1, -0.05) is 13.3 Å². The predicted molar refractivity (Wildman–Crippen MR) is 78.3 cm³/mol. The maximum atomic E-state index is 4.52. The van der Waals surface area contributed by atoms with Crippen LogP contribution in [0.15, 0.2) is 0 Å². The van der Waals surface area contributed by atoms with Gasteiger partial charge in [-0.25, -0.2) is 9.97 Å². The Bertz CT molecular complexity index is 399. The number of nitrogens with zero attached hydrogens (tertiary/aromatic N) is 2. The largest absolute Gasteiger partial charge is 0.370 e. The summed E-state index contributed by atoms with van der Waals surface area (Å²) < 4.78 is 0. The summed E-state index contributed by atoms with van der Waals surface area (Å²) in [6, 6.07) is 0. The van der Waals surface area contributed by atoms with E-state index in [0.717, 1.165) is 42.4 Å². The monoisotopic (exact) mass is 250 g/mol. The third-order valence-corrected chi connectivity index (χ3v) is 2.93. The molecule has 0 aromatic carbocycles. The van der Waals surface area contributed by atoms with Crippen LogP contribution >= 0.6 is 0 Å². The SMILES string of the molecule is CCCC(C)(C)Nc1nc(C)nc(NCC)c1C. The van der Waals surface area contributed by atoms with Gasteiger partial charge in [0.05, 0.1) is 0 Å². The van der Waals surface area contributed by atoms with Gasteiger partial charge in [0.2, 0.25) is 0 Å². The Morgan fingerprint density at radius 3 is 2.22 bits per heavy atom. The zero-order valence-electron chi connectivity index (χ0n) is 12.5. The van der Waals surface area contributed by atoms with Crippen molar-refractivity contribution in [1.29, 1.82) is 0 Å². The van der Waals surface area contributed by atoms with Crippen LogP contribution in [-0.4, -0.2) is 22.1 Å². The van der Waals surface area contributed by atoms with Gasteiger partial charge < -0.3 is 10.6 Å². The van der Waals surface area contributed by atoms with E-state index in [1.54, 1.807) is 0 Å². The summed E-state index contributed by atoms with van der Waals surface area (Å²) in [4.78, 5) is 8.96. The second kappa shape index (κ2) is 6.03. The highest BCUT2D eigenvalue weighted by Crippen LogP contribution is 2.24. The first kappa shape index (κ1) is 14.7. The van der Waals surface area contributed by atoms with E-state index in [1.165, 1.54) is 0 Å². The van der Waals surface area contributed by atoms with Gasteiger partial charge in [-0.3, -0.25) is 0 Å². The molecule has 1 aromatic rings. The van der Waals surface area contributed by atoms with Crippen LogP contribution in [0, 0.1) is 13.8 Å². The minimum atomic E-state index is 0.0593. The molecule has 1 heterocycles. The highest BCUT2D eigenvalue weighted by molar-refractivity contribution is 5.58. The number of rotatable bonds is 6. The normalized spacial score (nSPS) is 11.4. The van der Waals surface area contributed by atoms with Gasteiger partial charge in [-0.15, -0.1) is 0 Å². The molecule has 0 saturated carbocycles. The van der Waals surface area contributed by atoms with Gasteiger partial charge in [0, 0.05) is 17.6 Å². The topological polar surface area (TPSA) is 49.8 Å². The molecule has 0 aliphatic heterocycles. The number of aromatic nitrogens is 2. The molecule has 4 heteroatoms. The maximum absolute atomic E-state index is 4.52. The van der Waals surface area contributed by atoms with Gasteiger partial charge >= 0.3 is 0 Å². The predicted octanol–water partition coefficient (Wildman–Crippen LogP) is 3.52. The minimum Gasteiger partial charge on any atom is -0.370 e. The lowest BCUT2D eigenvalue weighted by atomic mass is 9.99. The van der Waals surface area contributed by atoms with E-state index < -0.39 is 0 Å². The van der Waals surface area contributed by atoms with E-state index in [9.17, 15) is 0 Å². The molecule has 0 atom stereocenters. The molecule has 0 aliphatic carbocycles. The molecule has 0 unspecified atom stereocenters. The Labute approximate surface area is 111 Å². The minimum absolute atomic E-state index is 0.0593. The molecular weight excluding hydrogens is 224 g/mol. The van der Waals surface area contributed by atoms with Crippen LogP contribution in [0.3, 0.4) is 0 Å². The fraction of sp³-hybridized carbons (Fsp3) is 0.714. The van der Waals surface area contributed by atoms with Crippen molar-refractivity contribution in [2.75, 3.05) is 17.2 Å². The lowest BCUT2D eigenvalue weighted by Crippen LogP contribution is -2.31. The smallest absolute Gasteiger partial charge is 0.135 e. The summed E-state index contributed by atoms with van der Waals surface area (Å²) >= 11 is 0. The summed E-state index contributed by atoms with van der Waals surface area (Å²) in [6.45, 7) is 13.5. The fourth-order valence-electron chi connectivity index (χ4n) is 2.10. The molecule has 102 valence electrons. The van der Waals surface area contributed by atoms with Crippen molar-refractivity contribution in [3.8, 4) is 0 Å². The second-order valence-electron chi connectivity index (χ2n) is 5.38. The zero-order chi connectivity index (χ0) is 13.8. The van der Waals surface area contributed by atoms with Crippen LogP contribution in [-0.2, 0) is 0 Å². The second-order valence-corrected chi connectivity index (χ2v) is 5.38. The van der Waals surface area contributed by atoms with E-state index in [2.05, 4.69) is 55.2 Å². The summed E-state index contributed by atoms with van der Waals surface area (Å²) in [5, 5.41) is 6.82. The maximum Gasteiger partial charge on any atom is 0.135 e. The standard InChI is InChI=1S/C14H26N4/c1-7-9-14(5,6)18-13-10(3)12(15-8-2)16-11(4)17-13/h7-9H2,1-6H3,(H2,15,16,17,18). The number of hydrogen-bond acceptors (Lipinski definition) is 4. The first-order valence-electron chi connectivity index (χ1n) is 6.77. The summed E-state index contributed by atoms with van der Waals surface area (Å²) in [5.41, 5.74) is 1.15. The highest BCUT2D eigenvalue weighted by atomic mass is 15.1. The van der Waals surface area contributed by atoms with E-state index in [-0.39, 0.29) is 5.54 Å². The first-order chi connectivity index (χ1) is 8.39. The molecule has 0 aliphatic rings. The average Bonchev–Trinajstić information content (AvgIpc) is 2.24. The van der Waals surface area contributed by atoms with Crippen LogP contribution in [0.1, 0.15) is 51.9 Å². The molecule has 0 fully saturated rings. The lowest BCUT2D eigenvalue weighted by Gasteiger charge is -2.28. The number of nitrogens with one attached hydrogen (secondary N) is 2. The molecule has 0 radical (unpaired) electrons. The van der Waals surface area contributed by atoms with Crippen molar-refractivity contribution in [3.63, 3.8) is 0 Å². The van der Waals surface area contributed by atoms with Crippen molar-refractivity contribution >= 4 is 11.6 Å². The average molecular weight is 250 g/mol. The molecule has 0 amide bonds.